The number of amides is 2. The normalized spacial score (nSPS) is 11.8. The molecule has 0 fully saturated rings. The first kappa shape index (κ1) is 23.3. The molecule has 162 valence electrons. The molecule has 2 aromatic rings. The number of hydrogen-bond donors (Lipinski definition) is 1. The molecular formula is C23H28F2N2O3. The molecule has 1 N–H and O–H groups in total. The third-order valence-corrected chi connectivity index (χ3v) is 4.51. The summed E-state index contributed by atoms with van der Waals surface area (Å²) in [6, 6.07) is 10.4. The molecule has 7 heteroatoms. The molecule has 0 heterocycles. The number of carbonyl (C=O) groups excluding carboxylic acids is 2. The van der Waals surface area contributed by atoms with Crippen molar-refractivity contribution in [3.05, 3.63) is 65.7 Å². The summed E-state index contributed by atoms with van der Waals surface area (Å²) in [5.41, 5.74) is 0.696. The van der Waals surface area contributed by atoms with Crippen molar-refractivity contribution in [2.75, 3.05) is 13.2 Å². The minimum atomic E-state index is -0.696. The molecule has 5 nitrogen and oxygen atoms in total. The number of rotatable bonds is 10. The second-order valence-electron chi connectivity index (χ2n) is 7.45. The van der Waals surface area contributed by atoms with E-state index in [1.54, 1.807) is 12.1 Å². The molecule has 0 aliphatic heterocycles. The van der Waals surface area contributed by atoms with Crippen molar-refractivity contribution >= 4 is 11.8 Å². The number of carbonyl (C=O) groups is 2. The maximum Gasteiger partial charge on any atom is 0.261 e. The number of ether oxygens (including phenoxy) is 1. The third kappa shape index (κ3) is 7.13. The van der Waals surface area contributed by atoms with Gasteiger partial charge in [0.05, 0.1) is 0 Å². The molecule has 0 bridgehead atoms. The molecule has 0 saturated heterocycles. The minimum absolute atomic E-state index is 0.138. The van der Waals surface area contributed by atoms with E-state index in [2.05, 4.69) is 5.32 Å². The summed E-state index contributed by atoms with van der Waals surface area (Å²) in [6.45, 7) is 6.13. The van der Waals surface area contributed by atoms with Gasteiger partial charge in [0.1, 0.15) is 23.4 Å². The average Bonchev–Trinajstić information content (AvgIpc) is 2.72. The zero-order valence-corrected chi connectivity index (χ0v) is 17.5. The summed E-state index contributed by atoms with van der Waals surface area (Å²) in [4.78, 5) is 27.1. The second kappa shape index (κ2) is 11.3. The quantitative estimate of drug-likeness (QED) is 0.636. The van der Waals surface area contributed by atoms with Gasteiger partial charge in [0, 0.05) is 13.1 Å². The highest BCUT2D eigenvalue weighted by molar-refractivity contribution is 5.88. The zero-order valence-electron chi connectivity index (χ0n) is 17.5. The molecule has 0 saturated carbocycles. The fourth-order valence-corrected chi connectivity index (χ4v) is 2.89. The fraction of sp³-hybridized carbons (Fsp3) is 0.391. The number of nitrogens with zero attached hydrogens (tertiary/aromatic N) is 1. The van der Waals surface area contributed by atoms with Gasteiger partial charge in [-0.3, -0.25) is 9.59 Å². The average molecular weight is 418 g/mol. The van der Waals surface area contributed by atoms with Gasteiger partial charge in [0.15, 0.2) is 6.61 Å². The summed E-state index contributed by atoms with van der Waals surface area (Å²) in [5, 5.41) is 2.87. The number of halogens is 2. The highest BCUT2D eigenvalue weighted by Crippen LogP contribution is 2.15. The Morgan fingerprint density at radius 1 is 1.00 bits per heavy atom. The van der Waals surface area contributed by atoms with Crippen molar-refractivity contribution in [2.24, 2.45) is 5.92 Å². The maximum absolute atomic E-state index is 13.3. The lowest BCUT2D eigenvalue weighted by molar-refractivity contribution is -0.143. The summed E-state index contributed by atoms with van der Waals surface area (Å²) in [5.74, 6) is -0.797. The van der Waals surface area contributed by atoms with Crippen LogP contribution in [0, 0.1) is 17.6 Å². The first-order valence-corrected chi connectivity index (χ1v) is 10.00. The Kier molecular flexibility index (Phi) is 8.77. The van der Waals surface area contributed by atoms with E-state index < -0.39 is 17.8 Å². The van der Waals surface area contributed by atoms with Crippen molar-refractivity contribution < 1.29 is 23.1 Å². The first-order valence-electron chi connectivity index (χ1n) is 10.00. The Morgan fingerprint density at radius 3 is 2.10 bits per heavy atom. The summed E-state index contributed by atoms with van der Waals surface area (Å²) < 4.78 is 31.8. The third-order valence-electron chi connectivity index (χ3n) is 4.51. The van der Waals surface area contributed by atoms with Crippen LogP contribution in [-0.4, -0.2) is 35.9 Å². The minimum Gasteiger partial charge on any atom is -0.484 e. The lowest BCUT2D eigenvalue weighted by Gasteiger charge is -2.30. The number of hydrogen-bond acceptors (Lipinski definition) is 3. The van der Waals surface area contributed by atoms with Crippen molar-refractivity contribution in [1.29, 1.82) is 0 Å². The monoisotopic (exact) mass is 418 g/mol. The smallest absolute Gasteiger partial charge is 0.261 e. The second-order valence-corrected chi connectivity index (χ2v) is 7.45. The van der Waals surface area contributed by atoms with Crippen molar-refractivity contribution in [3.8, 4) is 5.75 Å². The van der Waals surface area contributed by atoms with Crippen LogP contribution in [0.15, 0.2) is 48.5 Å². The Hall–Kier alpha value is -2.96. The molecule has 2 aromatic carbocycles. The first-order chi connectivity index (χ1) is 14.3. The molecule has 0 unspecified atom stereocenters. The van der Waals surface area contributed by atoms with Gasteiger partial charge in [-0.05, 0) is 54.3 Å². The number of nitrogens with one attached hydrogen (secondary N) is 1. The van der Waals surface area contributed by atoms with E-state index in [9.17, 15) is 18.4 Å². The van der Waals surface area contributed by atoms with Crippen LogP contribution in [0.4, 0.5) is 8.78 Å². The van der Waals surface area contributed by atoms with Crippen molar-refractivity contribution in [3.63, 3.8) is 0 Å². The van der Waals surface area contributed by atoms with Crippen LogP contribution in [0.2, 0.25) is 0 Å². The molecule has 2 rings (SSSR count). The van der Waals surface area contributed by atoms with E-state index in [1.807, 2.05) is 20.8 Å². The maximum atomic E-state index is 13.3. The summed E-state index contributed by atoms with van der Waals surface area (Å²) >= 11 is 0. The van der Waals surface area contributed by atoms with Gasteiger partial charge in [-0.15, -0.1) is 0 Å². The summed E-state index contributed by atoms with van der Waals surface area (Å²) in [7, 11) is 0. The molecule has 30 heavy (non-hydrogen) atoms. The van der Waals surface area contributed by atoms with Gasteiger partial charge < -0.3 is 15.0 Å². The lowest BCUT2D eigenvalue weighted by Crippen LogP contribution is -2.50. The number of benzene rings is 2. The fourth-order valence-electron chi connectivity index (χ4n) is 2.89. The van der Waals surface area contributed by atoms with Crippen LogP contribution in [0.3, 0.4) is 0 Å². The topological polar surface area (TPSA) is 58.6 Å². The van der Waals surface area contributed by atoms with Gasteiger partial charge in [-0.25, -0.2) is 8.78 Å². The van der Waals surface area contributed by atoms with Crippen LogP contribution >= 0.6 is 0 Å². The van der Waals surface area contributed by atoms with Gasteiger partial charge >= 0.3 is 0 Å². The summed E-state index contributed by atoms with van der Waals surface area (Å²) in [6.07, 6.45) is 0.410. The highest BCUT2D eigenvalue weighted by Gasteiger charge is 2.29. The van der Waals surface area contributed by atoms with Crippen molar-refractivity contribution in [2.45, 2.75) is 39.8 Å². The van der Waals surface area contributed by atoms with E-state index in [0.29, 0.717) is 24.3 Å². The Morgan fingerprint density at radius 2 is 1.57 bits per heavy atom. The molecule has 2 amide bonds. The lowest BCUT2D eigenvalue weighted by atomic mass is 10.1. The van der Waals surface area contributed by atoms with E-state index in [-0.39, 0.29) is 30.8 Å². The zero-order chi connectivity index (χ0) is 22.1. The van der Waals surface area contributed by atoms with E-state index in [4.69, 9.17) is 4.74 Å². The predicted molar refractivity (Wildman–Crippen MR) is 111 cm³/mol. The van der Waals surface area contributed by atoms with Crippen molar-refractivity contribution in [1.82, 2.24) is 10.2 Å². The van der Waals surface area contributed by atoms with Crippen LogP contribution in [0.25, 0.3) is 0 Å². The SMILES string of the molecule is CC[C@@H](C(=O)NCC(C)C)N(Cc1ccc(F)cc1)C(=O)COc1ccc(F)cc1. The van der Waals surface area contributed by atoms with Gasteiger partial charge in [0.25, 0.3) is 5.91 Å². The Bertz CT molecular complexity index is 823. The molecular weight excluding hydrogens is 390 g/mol. The molecule has 0 aliphatic carbocycles. The van der Waals surface area contributed by atoms with Crippen LogP contribution < -0.4 is 10.1 Å². The van der Waals surface area contributed by atoms with Gasteiger partial charge in [0.2, 0.25) is 5.91 Å². The molecule has 0 aliphatic rings. The molecule has 0 spiro atoms. The molecule has 0 aromatic heterocycles. The Labute approximate surface area is 176 Å². The van der Waals surface area contributed by atoms with E-state index in [0.717, 1.165) is 0 Å². The largest absolute Gasteiger partial charge is 0.484 e. The van der Waals surface area contributed by atoms with Crippen LogP contribution in [-0.2, 0) is 16.1 Å². The van der Waals surface area contributed by atoms with E-state index in [1.165, 1.54) is 41.3 Å². The van der Waals surface area contributed by atoms with Gasteiger partial charge in [-0.1, -0.05) is 32.9 Å². The van der Waals surface area contributed by atoms with Crippen LogP contribution in [0.1, 0.15) is 32.8 Å². The highest BCUT2D eigenvalue weighted by atomic mass is 19.1. The standard InChI is InChI=1S/C23H28F2N2O3/c1-4-21(23(29)26-13-16(2)3)27(14-17-5-7-18(24)8-6-17)22(28)15-30-20-11-9-19(25)10-12-20/h5-12,16,21H,4,13-15H2,1-3H3,(H,26,29)/t21-/m0/s1. The molecule has 1 atom stereocenters. The van der Waals surface area contributed by atoms with E-state index >= 15 is 0 Å². The van der Waals surface area contributed by atoms with Gasteiger partial charge in [-0.2, -0.15) is 0 Å². The predicted octanol–water partition coefficient (Wildman–Crippen LogP) is 3.92. The Balaban J connectivity index is 2.17. The molecule has 0 radical (unpaired) electrons. The van der Waals surface area contributed by atoms with Crippen LogP contribution in [0.5, 0.6) is 5.75 Å².